The summed E-state index contributed by atoms with van der Waals surface area (Å²) in [6.07, 6.45) is 2.30. The van der Waals surface area contributed by atoms with Crippen molar-refractivity contribution >= 4 is 11.9 Å². The fourth-order valence-electron chi connectivity index (χ4n) is 2.81. The summed E-state index contributed by atoms with van der Waals surface area (Å²) < 4.78 is 0. The maximum atomic E-state index is 12.2. The van der Waals surface area contributed by atoms with Crippen molar-refractivity contribution in [2.24, 2.45) is 0 Å². The van der Waals surface area contributed by atoms with Crippen LogP contribution in [-0.2, 0) is 11.3 Å². The number of benzene rings is 1. The SMILES string of the molecule is CNC(=O)NC(=O)[C@@H](C)[NH+](Cc1ccc(C(C)C)cc1)C1CC1. The Labute approximate surface area is 138 Å². The lowest BCUT2D eigenvalue weighted by Gasteiger charge is -2.25. The first-order valence-corrected chi connectivity index (χ1v) is 8.39. The molecule has 1 saturated carbocycles. The molecule has 0 aliphatic heterocycles. The number of carbonyl (C=O) groups excluding carboxylic acids is 2. The Morgan fingerprint density at radius 1 is 1.17 bits per heavy atom. The molecule has 1 aliphatic rings. The van der Waals surface area contributed by atoms with Gasteiger partial charge in [-0.2, -0.15) is 0 Å². The number of hydrogen-bond acceptors (Lipinski definition) is 2. The molecule has 0 bridgehead atoms. The molecule has 1 aromatic rings. The van der Waals surface area contributed by atoms with Crippen molar-refractivity contribution < 1.29 is 14.5 Å². The first-order chi connectivity index (χ1) is 10.9. The summed E-state index contributed by atoms with van der Waals surface area (Å²) in [5.41, 5.74) is 2.56. The van der Waals surface area contributed by atoms with Crippen molar-refractivity contribution in [2.75, 3.05) is 7.05 Å². The van der Waals surface area contributed by atoms with Crippen LogP contribution in [0.25, 0.3) is 0 Å². The van der Waals surface area contributed by atoms with Crippen LogP contribution >= 0.6 is 0 Å². The van der Waals surface area contributed by atoms with Gasteiger partial charge in [-0.05, 0) is 18.4 Å². The van der Waals surface area contributed by atoms with Crippen LogP contribution < -0.4 is 15.5 Å². The molecule has 1 unspecified atom stereocenters. The minimum atomic E-state index is -0.446. The zero-order valence-corrected chi connectivity index (χ0v) is 14.5. The molecule has 23 heavy (non-hydrogen) atoms. The highest BCUT2D eigenvalue weighted by atomic mass is 16.2. The summed E-state index contributed by atoms with van der Waals surface area (Å²) in [5, 5.41) is 4.81. The fourth-order valence-corrected chi connectivity index (χ4v) is 2.81. The van der Waals surface area contributed by atoms with Crippen LogP contribution in [0.4, 0.5) is 4.79 Å². The zero-order valence-electron chi connectivity index (χ0n) is 14.5. The largest absolute Gasteiger partial charge is 0.341 e. The molecule has 2 rings (SSSR count). The number of urea groups is 1. The second kappa shape index (κ2) is 7.59. The van der Waals surface area contributed by atoms with Crippen LogP contribution in [0.1, 0.15) is 50.7 Å². The molecule has 0 saturated heterocycles. The van der Waals surface area contributed by atoms with Gasteiger partial charge in [0.2, 0.25) is 0 Å². The van der Waals surface area contributed by atoms with Gasteiger partial charge in [0.15, 0.2) is 6.04 Å². The minimum absolute atomic E-state index is 0.218. The summed E-state index contributed by atoms with van der Waals surface area (Å²) in [4.78, 5) is 24.8. The highest BCUT2D eigenvalue weighted by molar-refractivity contribution is 5.96. The average Bonchev–Trinajstić information content (AvgIpc) is 3.36. The molecule has 1 aliphatic carbocycles. The van der Waals surface area contributed by atoms with Gasteiger partial charge in [0, 0.05) is 25.5 Å². The van der Waals surface area contributed by atoms with Gasteiger partial charge in [-0.1, -0.05) is 38.1 Å². The van der Waals surface area contributed by atoms with E-state index in [4.69, 9.17) is 0 Å². The van der Waals surface area contributed by atoms with E-state index in [0.717, 1.165) is 19.4 Å². The molecule has 0 radical (unpaired) electrons. The molecular weight excluding hydrogens is 290 g/mol. The molecule has 1 aromatic carbocycles. The van der Waals surface area contributed by atoms with Crippen molar-refractivity contribution in [3.8, 4) is 0 Å². The first kappa shape index (κ1) is 17.5. The molecule has 1 fully saturated rings. The lowest BCUT2D eigenvalue weighted by molar-refractivity contribution is -0.938. The predicted octanol–water partition coefficient (Wildman–Crippen LogP) is 1.20. The summed E-state index contributed by atoms with van der Waals surface area (Å²) in [5.74, 6) is 0.304. The lowest BCUT2D eigenvalue weighted by Crippen LogP contribution is -3.16. The molecule has 2 atom stereocenters. The number of amides is 3. The summed E-state index contributed by atoms with van der Waals surface area (Å²) in [7, 11) is 1.51. The number of rotatable bonds is 6. The number of hydrogen-bond donors (Lipinski definition) is 3. The highest BCUT2D eigenvalue weighted by Crippen LogP contribution is 2.18. The van der Waals surface area contributed by atoms with E-state index in [1.807, 2.05) is 6.92 Å². The Morgan fingerprint density at radius 3 is 2.26 bits per heavy atom. The zero-order chi connectivity index (χ0) is 17.0. The van der Waals surface area contributed by atoms with Gasteiger partial charge in [0.05, 0.1) is 6.04 Å². The molecule has 5 heteroatoms. The third kappa shape index (κ3) is 4.79. The molecular formula is C18H28N3O2+. The Bertz CT molecular complexity index is 550. The molecule has 0 aromatic heterocycles. The Kier molecular flexibility index (Phi) is 5.77. The number of imide groups is 1. The molecule has 126 valence electrons. The van der Waals surface area contributed by atoms with Crippen molar-refractivity contribution in [1.29, 1.82) is 0 Å². The number of nitrogens with one attached hydrogen (secondary N) is 3. The molecule has 0 heterocycles. The van der Waals surface area contributed by atoms with E-state index in [0.29, 0.717) is 12.0 Å². The van der Waals surface area contributed by atoms with Gasteiger partial charge in [-0.25, -0.2) is 4.79 Å². The van der Waals surface area contributed by atoms with Crippen molar-refractivity contribution in [2.45, 2.75) is 58.2 Å². The van der Waals surface area contributed by atoms with Crippen LogP contribution in [0.2, 0.25) is 0 Å². The van der Waals surface area contributed by atoms with Gasteiger partial charge in [-0.15, -0.1) is 0 Å². The smallest absolute Gasteiger partial charge is 0.321 e. The third-order valence-electron chi connectivity index (χ3n) is 4.57. The van der Waals surface area contributed by atoms with Crippen LogP contribution in [0.5, 0.6) is 0 Å². The molecule has 5 nitrogen and oxygen atoms in total. The normalized spacial score (nSPS) is 16.7. The van der Waals surface area contributed by atoms with Crippen LogP contribution in [0, 0.1) is 0 Å². The Balaban J connectivity index is 2.03. The van der Waals surface area contributed by atoms with Crippen LogP contribution in [0.3, 0.4) is 0 Å². The van der Waals surface area contributed by atoms with Gasteiger partial charge >= 0.3 is 6.03 Å². The fraction of sp³-hybridized carbons (Fsp3) is 0.556. The molecule has 0 spiro atoms. The van der Waals surface area contributed by atoms with E-state index in [-0.39, 0.29) is 11.9 Å². The van der Waals surface area contributed by atoms with Crippen LogP contribution in [-0.4, -0.2) is 31.1 Å². The number of carbonyl (C=O) groups is 2. The van der Waals surface area contributed by atoms with E-state index < -0.39 is 6.03 Å². The van der Waals surface area contributed by atoms with Crippen molar-refractivity contribution in [1.82, 2.24) is 10.6 Å². The Hall–Kier alpha value is -1.88. The van der Waals surface area contributed by atoms with Crippen molar-refractivity contribution in [3.05, 3.63) is 35.4 Å². The van der Waals surface area contributed by atoms with E-state index in [2.05, 4.69) is 48.7 Å². The minimum Gasteiger partial charge on any atom is -0.341 e. The average molecular weight is 318 g/mol. The summed E-state index contributed by atoms with van der Waals surface area (Å²) in [6.45, 7) is 7.07. The Morgan fingerprint density at radius 2 is 1.78 bits per heavy atom. The molecule has 3 N–H and O–H groups in total. The lowest BCUT2D eigenvalue weighted by atomic mass is 10.0. The summed E-state index contributed by atoms with van der Waals surface area (Å²) in [6, 6.07) is 8.47. The van der Waals surface area contributed by atoms with E-state index in [1.165, 1.54) is 23.1 Å². The summed E-state index contributed by atoms with van der Waals surface area (Å²) >= 11 is 0. The van der Waals surface area contributed by atoms with Gasteiger partial charge < -0.3 is 10.2 Å². The van der Waals surface area contributed by atoms with Gasteiger partial charge in [0.1, 0.15) is 6.54 Å². The second-order valence-electron chi connectivity index (χ2n) is 6.71. The second-order valence-corrected chi connectivity index (χ2v) is 6.71. The predicted molar refractivity (Wildman–Crippen MR) is 90.3 cm³/mol. The topological polar surface area (TPSA) is 62.6 Å². The third-order valence-corrected chi connectivity index (χ3v) is 4.57. The van der Waals surface area contributed by atoms with Gasteiger partial charge in [-0.3, -0.25) is 10.1 Å². The highest BCUT2D eigenvalue weighted by Gasteiger charge is 2.39. The first-order valence-electron chi connectivity index (χ1n) is 8.39. The van der Waals surface area contributed by atoms with E-state index in [1.54, 1.807) is 0 Å². The van der Waals surface area contributed by atoms with E-state index in [9.17, 15) is 9.59 Å². The monoisotopic (exact) mass is 318 g/mol. The van der Waals surface area contributed by atoms with Crippen LogP contribution in [0.15, 0.2) is 24.3 Å². The quantitative estimate of drug-likeness (QED) is 0.738. The standard InChI is InChI=1S/C18H27N3O2/c1-12(2)15-7-5-14(6-8-15)11-21(16-9-10-16)13(3)17(22)20-18(23)19-4/h5-8,12-13,16H,9-11H2,1-4H3,(H2,19,20,22,23)/p+1/t13-/m1/s1. The number of quaternary nitrogens is 1. The van der Waals surface area contributed by atoms with Gasteiger partial charge in [0.25, 0.3) is 5.91 Å². The van der Waals surface area contributed by atoms with E-state index >= 15 is 0 Å². The molecule has 3 amide bonds. The van der Waals surface area contributed by atoms with Crippen molar-refractivity contribution in [3.63, 3.8) is 0 Å². The maximum absolute atomic E-state index is 12.2. The maximum Gasteiger partial charge on any atom is 0.321 e.